The smallest absolute Gasteiger partial charge is 0.322 e. The number of nitrogens with two attached hydrogens (primary N) is 1. The van der Waals surface area contributed by atoms with E-state index in [2.05, 4.69) is 4.90 Å². The Morgan fingerprint density at radius 2 is 2.39 bits per heavy atom. The van der Waals surface area contributed by atoms with Crippen molar-refractivity contribution >= 4 is 5.97 Å². The lowest BCUT2D eigenvalue weighted by Gasteiger charge is -2.37. The van der Waals surface area contributed by atoms with Gasteiger partial charge < -0.3 is 15.2 Å². The summed E-state index contributed by atoms with van der Waals surface area (Å²) in [5, 5.41) is 0. The zero-order valence-corrected chi connectivity index (χ0v) is 11.1. The number of carbonyl (C=O) groups excluding carboxylic acids is 1. The molecule has 0 amide bonds. The van der Waals surface area contributed by atoms with Crippen LogP contribution in [0.3, 0.4) is 0 Å². The number of fused-ring (bicyclic) bond motifs is 1. The fraction of sp³-hybridized carbons (Fsp3) is 0.923. The van der Waals surface area contributed by atoms with Gasteiger partial charge in [0, 0.05) is 19.1 Å². The summed E-state index contributed by atoms with van der Waals surface area (Å²) in [6, 6.07) is 0.0424. The van der Waals surface area contributed by atoms with Crippen LogP contribution in [-0.4, -0.2) is 55.4 Å². The molecule has 104 valence electrons. The Labute approximate surface area is 109 Å². The Kier molecular flexibility index (Phi) is 4.97. The molecule has 2 fully saturated rings. The van der Waals surface area contributed by atoms with Gasteiger partial charge in [-0.3, -0.25) is 9.69 Å². The minimum Gasteiger partial charge on any atom is -0.465 e. The normalized spacial score (nSPS) is 29.9. The monoisotopic (exact) mass is 256 g/mol. The molecule has 0 radical (unpaired) electrons. The minimum absolute atomic E-state index is 0.284. The van der Waals surface area contributed by atoms with Gasteiger partial charge in [-0.2, -0.15) is 0 Å². The Morgan fingerprint density at radius 1 is 1.56 bits per heavy atom. The van der Waals surface area contributed by atoms with E-state index in [1.165, 1.54) is 19.3 Å². The third-order valence-electron chi connectivity index (χ3n) is 3.91. The van der Waals surface area contributed by atoms with E-state index in [1.807, 2.05) is 0 Å². The molecule has 2 aliphatic rings. The molecule has 1 aliphatic carbocycles. The van der Waals surface area contributed by atoms with Crippen molar-refractivity contribution in [3.8, 4) is 0 Å². The third-order valence-corrected chi connectivity index (χ3v) is 3.91. The standard InChI is InChI=1S/C13H24N2O3/c1-2-17-13(16)10(14)6-7-15-8-9-18-12-5-3-4-11(12)15/h10-12H,2-9,14H2,1H3. The molecule has 0 aromatic carbocycles. The minimum atomic E-state index is -0.493. The molecular weight excluding hydrogens is 232 g/mol. The molecule has 0 aromatic rings. The number of rotatable bonds is 5. The molecule has 0 spiro atoms. The first-order valence-electron chi connectivity index (χ1n) is 7.00. The molecule has 2 N–H and O–H groups in total. The summed E-state index contributed by atoms with van der Waals surface area (Å²) in [5.74, 6) is -0.284. The molecule has 3 atom stereocenters. The largest absolute Gasteiger partial charge is 0.465 e. The lowest BCUT2D eigenvalue weighted by Crippen LogP contribution is -2.50. The van der Waals surface area contributed by atoms with Crippen molar-refractivity contribution < 1.29 is 14.3 Å². The van der Waals surface area contributed by atoms with Crippen LogP contribution in [0.4, 0.5) is 0 Å². The highest BCUT2D eigenvalue weighted by Gasteiger charge is 2.35. The third kappa shape index (κ3) is 3.22. The Bertz CT molecular complexity index is 285. The number of esters is 1. The van der Waals surface area contributed by atoms with Gasteiger partial charge in [0.25, 0.3) is 0 Å². The van der Waals surface area contributed by atoms with Crippen LogP contribution >= 0.6 is 0 Å². The summed E-state index contributed by atoms with van der Waals surface area (Å²) in [5.41, 5.74) is 5.83. The molecule has 1 heterocycles. The zero-order valence-electron chi connectivity index (χ0n) is 11.1. The summed E-state index contributed by atoms with van der Waals surface area (Å²) in [6.45, 7) is 4.82. The van der Waals surface area contributed by atoms with E-state index in [4.69, 9.17) is 15.2 Å². The van der Waals surface area contributed by atoms with Gasteiger partial charge in [-0.25, -0.2) is 0 Å². The maximum absolute atomic E-state index is 11.5. The van der Waals surface area contributed by atoms with E-state index in [1.54, 1.807) is 6.92 Å². The van der Waals surface area contributed by atoms with Crippen molar-refractivity contribution in [2.24, 2.45) is 5.73 Å². The van der Waals surface area contributed by atoms with Crippen molar-refractivity contribution in [2.75, 3.05) is 26.3 Å². The van der Waals surface area contributed by atoms with Gasteiger partial charge in [0.2, 0.25) is 0 Å². The topological polar surface area (TPSA) is 64.8 Å². The summed E-state index contributed by atoms with van der Waals surface area (Å²) < 4.78 is 10.7. The first kappa shape index (κ1) is 13.8. The molecule has 1 saturated heterocycles. The SMILES string of the molecule is CCOC(=O)C(N)CCN1CCOC2CCCC21. The van der Waals surface area contributed by atoms with Crippen molar-refractivity contribution in [1.82, 2.24) is 4.90 Å². The first-order chi connectivity index (χ1) is 8.72. The molecule has 0 bridgehead atoms. The van der Waals surface area contributed by atoms with Gasteiger partial charge >= 0.3 is 5.97 Å². The Morgan fingerprint density at radius 3 is 3.17 bits per heavy atom. The van der Waals surface area contributed by atoms with Crippen LogP contribution in [0.5, 0.6) is 0 Å². The summed E-state index contributed by atoms with van der Waals surface area (Å²) in [4.78, 5) is 13.9. The average molecular weight is 256 g/mol. The van der Waals surface area contributed by atoms with Crippen LogP contribution in [0.2, 0.25) is 0 Å². The lowest BCUT2D eigenvalue weighted by molar-refractivity contribution is -0.145. The molecule has 1 saturated carbocycles. The number of morpholine rings is 1. The molecule has 5 nitrogen and oxygen atoms in total. The maximum Gasteiger partial charge on any atom is 0.322 e. The van der Waals surface area contributed by atoms with Crippen LogP contribution < -0.4 is 5.73 Å². The van der Waals surface area contributed by atoms with E-state index >= 15 is 0 Å². The lowest BCUT2D eigenvalue weighted by atomic mass is 10.1. The van der Waals surface area contributed by atoms with Crippen LogP contribution in [-0.2, 0) is 14.3 Å². The second kappa shape index (κ2) is 6.50. The second-order valence-electron chi connectivity index (χ2n) is 5.09. The molecule has 1 aliphatic heterocycles. The van der Waals surface area contributed by atoms with E-state index in [0.29, 0.717) is 25.2 Å². The summed E-state index contributed by atoms with van der Waals surface area (Å²) in [6.07, 6.45) is 4.69. The van der Waals surface area contributed by atoms with Crippen molar-refractivity contribution in [2.45, 2.75) is 50.8 Å². The highest BCUT2D eigenvalue weighted by Crippen LogP contribution is 2.29. The molecule has 5 heteroatoms. The van der Waals surface area contributed by atoms with E-state index in [-0.39, 0.29) is 5.97 Å². The van der Waals surface area contributed by atoms with Gasteiger partial charge in [0.15, 0.2) is 0 Å². The highest BCUT2D eigenvalue weighted by molar-refractivity contribution is 5.75. The Hall–Kier alpha value is -0.650. The van der Waals surface area contributed by atoms with Crippen molar-refractivity contribution in [3.05, 3.63) is 0 Å². The maximum atomic E-state index is 11.5. The zero-order chi connectivity index (χ0) is 13.0. The van der Waals surface area contributed by atoms with Gasteiger partial charge in [-0.05, 0) is 32.6 Å². The average Bonchev–Trinajstić information content (AvgIpc) is 2.84. The number of ether oxygens (including phenoxy) is 2. The highest BCUT2D eigenvalue weighted by atomic mass is 16.5. The molecule has 2 rings (SSSR count). The van der Waals surface area contributed by atoms with Crippen molar-refractivity contribution in [1.29, 1.82) is 0 Å². The molecular formula is C13H24N2O3. The van der Waals surface area contributed by atoms with E-state index in [9.17, 15) is 4.79 Å². The molecule has 18 heavy (non-hydrogen) atoms. The molecule has 0 aromatic heterocycles. The van der Waals surface area contributed by atoms with Gasteiger partial charge in [-0.15, -0.1) is 0 Å². The van der Waals surface area contributed by atoms with Crippen LogP contribution in [0, 0.1) is 0 Å². The Balaban J connectivity index is 1.77. The molecule has 3 unspecified atom stereocenters. The van der Waals surface area contributed by atoms with Crippen LogP contribution in [0.15, 0.2) is 0 Å². The first-order valence-corrected chi connectivity index (χ1v) is 7.00. The predicted molar refractivity (Wildman–Crippen MR) is 68.2 cm³/mol. The van der Waals surface area contributed by atoms with Crippen LogP contribution in [0.1, 0.15) is 32.6 Å². The van der Waals surface area contributed by atoms with Gasteiger partial charge in [0.05, 0.1) is 19.3 Å². The number of hydrogen-bond donors (Lipinski definition) is 1. The van der Waals surface area contributed by atoms with Crippen molar-refractivity contribution in [3.63, 3.8) is 0 Å². The van der Waals surface area contributed by atoms with E-state index in [0.717, 1.165) is 19.7 Å². The number of nitrogens with zero attached hydrogens (tertiary/aromatic N) is 1. The van der Waals surface area contributed by atoms with Crippen LogP contribution in [0.25, 0.3) is 0 Å². The number of hydrogen-bond acceptors (Lipinski definition) is 5. The van der Waals surface area contributed by atoms with E-state index < -0.39 is 6.04 Å². The summed E-state index contributed by atoms with van der Waals surface area (Å²) >= 11 is 0. The fourth-order valence-electron chi connectivity index (χ4n) is 2.96. The fourth-order valence-corrected chi connectivity index (χ4v) is 2.96. The predicted octanol–water partition coefficient (Wildman–Crippen LogP) is 0.520. The summed E-state index contributed by atoms with van der Waals surface area (Å²) in [7, 11) is 0. The van der Waals surface area contributed by atoms with Gasteiger partial charge in [-0.1, -0.05) is 0 Å². The second-order valence-corrected chi connectivity index (χ2v) is 5.09. The quantitative estimate of drug-likeness (QED) is 0.727. The number of carbonyl (C=O) groups is 1. The van der Waals surface area contributed by atoms with Gasteiger partial charge in [0.1, 0.15) is 6.04 Å².